The molecule has 2 fully saturated rings. The zero-order valence-electron chi connectivity index (χ0n) is 15.2. The Morgan fingerprint density at radius 1 is 1.19 bits per heavy atom. The van der Waals surface area contributed by atoms with Crippen LogP contribution in [0.15, 0.2) is 29.4 Å². The second-order valence-electron chi connectivity index (χ2n) is 7.29. The van der Waals surface area contributed by atoms with Gasteiger partial charge in [0.25, 0.3) is 0 Å². The molecule has 2 atom stereocenters. The highest BCUT2D eigenvalue weighted by Gasteiger charge is 2.35. The van der Waals surface area contributed by atoms with Gasteiger partial charge in [0, 0.05) is 12.6 Å². The van der Waals surface area contributed by atoms with E-state index in [1.165, 1.54) is 48.2 Å². The third kappa shape index (κ3) is 3.67. The molecule has 2 aromatic rings. The van der Waals surface area contributed by atoms with Crippen molar-refractivity contribution in [3.05, 3.63) is 30.1 Å². The molecule has 1 saturated heterocycles. The van der Waals surface area contributed by atoms with Crippen LogP contribution < -0.4 is 5.84 Å². The van der Waals surface area contributed by atoms with Crippen molar-refractivity contribution in [2.45, 2.75) is 49.7 Å². The summed E-state index contributed by atoms with van der Waals surface area (Å²) in [7, 11) is 0. The molecule has 27 heavy (non-hydrogen) atoms. The highest BCUT2D eigenvalue weighted by molar-refractivity contribution is 7.99. The summed E-state index contributed by atoms with van der Waals surface area (Å²) < 4.78 is 15.2. The molecular formula is C19H24FN5OS. The lowest BCUT2D eigenvalue weighted by Crippen LogP contribution is -2.50. The monoisotopic (exact) mass is 389 g/mol. The van der Waals surface area contributed by atoms with Gasteiger partial charge in [-0.15, -0.1) is 10.2 Å². The Balaban J connectivity index is 1.43. The van der Waals surface area contributed by atoms with Crippen molar-refractivity contribution in [2.75, 3.05) is 18.1 Å². The number of piperidine rings is 1. The van der Waals surface area contributed by atoms with E-state index in [1.54, 1.807) is 18.2 Å². The normalized spacial score (nSPS) is 22.5. The van der Waals surface area contributed by atoms with Crippen LogP contribution in [-0.2, 0) is 4.79 Å². The first kappa shape index (κ1) is 18.3. The number of amides is 1. The lowest BCUT2D eigenvalue weighted by Gasteiger charge is -2.44. The Morgan fingerprint density at radius 3 is 2.81 bits per heavy atom. The van der Waals surface area contributed by atoms with E-state index in [0.29, 0.717) is 22.7 Å². The third-order valence-electron chi connectivity index (χ3n) is 5.67. The first-order valence-corrected chi connectivity index (χ1v) is 10.5. The molecule has 4 rings (SSSR count). The van der Waals surface area contributed by atoms with E-state index in [9.17, 15) is 9.18 Å². The molecule has 0 spiro atoms. The van der Waals surface area contributed by atoms with Crippen molar-refractivity contribution in [3.8, 4) is 11.4 Å². The van der Waals surface area contributed by atoms with Gasteiger partial charge in [-0.25, -0.2) is 9.07 Å². The summed E-state index contributed by atoms with van der Waals surface area (Å²) in [6.07, 6.45) is 7.18. The number of nitrogen functional groups attached to an aromatic ring is 1. The molecule has 8 heteroatoms. The minimum Gasteiger partial charge on any atom is -0.339 e. The maximum absolute atomic E-state index is 14.0. The molecule has 2 aliphatic rings. The van der Waals surface area contributed by atoms with Crippen molar-refractivity contribution >= 4 is 17.7 Å². The summed E-state index contributed by atoms with van der Waals surface area (Å²) in [5, 5.41) is 8.47. The van der Waals surface area contributed by atoms with Crippen LogP contribution in [0, 0.1) is 11.7 Å². The quantitative estimate of drug-likeness (QED) is 0.642. The van der Waals surface area contributed by atoms with E-state index in [0.717, 1.165) is 19.4 Å². The van der Waals surface area contributed by atoms with Gasteiger partial charge in [0.1, 0.15) is 5.82 Å². The molecule has 2 N–H and O–H groups in total. The molecule has 1 aliphatic carbocycles. The van der Waals surface area contributed by atoms with Gasteiger partial charge in [0.15, 0.2) is 5.82 Å². The Labute approximate surface area is 162 Å². The smallest absolute Gasteiger partial charge is 0.233 e. The number of thioether (sulfide) groups is 1. The number of carbonyl (C=O) groups is 1. The largest absolute Gasteiger partial charge is 0.339 e. The average molecular weight is 390 g/mol. The number of aromatic nitrogens is 3. The number of hydrogen-bond acceptors (Lipinski definition) is 5. The van der Waals surface area contributed by atoms with Crippen LogP contribution in [0.25, 0.3) is 11.4 Å². The Kier molecular flexibility index (Phi) is 5.33. The van der Waals surface area contributed by atoms with E-state index >= 15 is 0 Å². The molecule has 2 unspecified atom stereocenters. The number of benzene rings is 1. The van der Waals surface area contributed by atoms with Crippen molar-refractivity contribution in [1.29, 1.82) is 0 Å². The molecule has 0 bridgehead atoms. The molecule has 1 aliphatic heterocycles. The first-order valence-electron chi connectivity index (χ1n) is 9.53. The van der Waals surface area contributed by atoms with Gasteiger partial charge < -0.3 is 10.7 Å². The van der Waals surface area contributed by atoms with Crippen LogP contribution in [-0.4, -0.2) is 44.0 Å². The van der Waals surface area contributed by atoms with Crippen LogP contribution in [0.4, 0.5) is 4.39 Å². The highest BCUT2D eigenvalue weighted by Crippen LogP contribution is 2.35. The minimum absolute atomic E-state index is 0.132. The number of carbonyl (C=O) groups excluding carboxylic acids is 1. The predicted octanol–water partition coefficient (Wildman–Crippen LogP) is 3.07. The molecule has 2 heterocycles. The van der Waals surface area contributed by atoms with E-state index in [4.69, 9.17) is 5.84 Å². The fourth-order valence-corrected chi connectivity index (χ4v) is 5.09. The van der Waals surface area contributed by atoms with Gasteiger partial charge in [-0.2, -0.15) is 0 Å². The number of likely N-dealkylation sites (tertiary alicyclic amines) is 1. The van der Waals surface area contributed by atoms with Gasteiger partial charge in [0.2, 0.25) is 11.1 Å². The number of rotatable bonds is 4. The Morgan fingerprint density at radius 2 is 1.96 bits per heavy atom. The maximum Gasteiger partial charge on any atom is 0.233 e. The van der Waals surface area contributed by atoms with Gasteiger partial charge >= 0.3 is 0 Å². The van der Waals surface area contributed by atoms with Gasteiger partial charge in [-0.3, -0.25) is 4.79 Å². The van der Waals surface area contributed by atoms with Crippen molar-refractivity contribution in [2.24, 2.45) is 5.92 Å². The summed E-state index contributed by atoms with van der Waals surface area (Å²) in [6.45, 7) is 0.844. The number of nitrogens with zero attached hydrogens (tertiary/aromatic N) is 4. The molecular weight excluding hydrogens is 365 g/mol. The number of nitrogens with two attached hydrogens (primary N) is 1. The van der Waals surface area contributed by atoms with Crippen LogP contribution in [0.1, 0.15) is 38.5 Å². The molecule has 1 aromatic heterocycles. The lowest BCUT2D eigenvalue weighted by molar-refractivity contribution is -0.134. The second kappa shape index (κ2) is 7.88. The molecule has 0 radical (unpaired) electrons. The zero-order chi connectivity index (χ0) is 18.8. The summed E-state index contributed by atoms with van der Waals surface area (Å²) in [5.74, 6) is 6.97. The van der Waals surface area contributed by atoms with Crippen molar-refractivity contribution in [1.82, 2.24) is 19.8 Å². The third-order valence-corrected chi connectivity index (χ3v) is 6.60. The summed E-state index contributed by atoms with van der Waals surface area (Å²) >= 11 is 1.26. The highest BCUT2D eigenvalue weighted by atomic mass is 32.2. The van der Waals surface area contributed by atoms with Gasteiger partial charge in [0.05, 0.1) is 11.3 Å². The number of halogens is 1. The predicted molar refractivity (Wildman–Crippen MR) is 103 cm³/mol. The summed E-state index contributed by atoms with van der Waals surface area (Å²) in [6, 6.07) is 6.70. The Bertz CT molecular complexity index is 824. The molecule has 144 valence electrons. The van der Waals surface area contributed by atoms with E-state index < -0.39 is 5.82 Å². The average Bonchev–Trinajstić information content (AvgIpc) is 3.06. The van der Waals surface area contributed by atoms with E-state index in [-0.39, 0.29) is 17.5 Å². The standard InChI is InChI=1S/C19H24FN5OS/c20-15-9-3-2-8-14(15)18-22-23-19(25(18)21)27-12-17(26)24-11-5-7-13-6-1-4-10-16(13)24/h2-3,8-9,13,16H,1,4-7,10-12,21H2. The van der Waals surface area contributed by atoms with Gasteiger partial charge in [-0.05, 0) is 43.7 Å². The van der Waals surface area contributed by atoms with E-state index in [2.05, 4.69) is 15.1 Å². The van der Waals surface area contributed by atoms with Gasteiger partial charge in [-0.1, -0.05) is 36.7 Å². The van der Waals surface area contributed by atoms with Crippen LogP contribution in [0.3, 0.4) is 0 Å². The topological polar surface area (TPSA) is 77.0 Å². The SMILES string of the molecule is Nn1c(SCC(=O)N2CCCC3CCCCC32)nnc1-c1ccccc1F. The molecule has 1 aromatic carbocycles. The van der Waals surface area contributed by atoms with E-state index in [1.807, 2.05) is 0 Å². The summed E-state index contributed by atoms with van der Waals surface area (Å²) in [5.41, 5.74) is 0.298. The Hall–Kier alpha value is -2.09. The van der Waals surface area contributed by atoms with Crippen molar-refractivity contribution in [3.63, 3.8) is 0 Å². The van der Waals surface area contributed by atoms with Crippen LogP contribution in [0.2, 0.25) is 0 Å². The minimum atomic E-state index is -0.402. The second-order valence-corrected chi connectivity index (χ2v) is 8.23. The maximum atomic E-state index is 14.0. The number of fused-ring (bicyclic) bond motifs is 1. The fraction of sp³-hybridized carbons (Fsp3) is 0.526. The molecule has 6 nitrogen and oxygen atoms in total. The number of hydrogen-bond donors (Lipinski definition) is 1. The van der Waals surface area contributed by atoms with Crippen molar-refractivity contribution < 1.29 is 9.18 Å². The zero-order valence-corrected chi connectivity index (χ0v) is 16.0. The fourth-order valence-electron chi connectivity index (χ4n) is 4.35. The van der Waals surface area contributed by atoms with Crippen LogP contribution >= 0.6 is 11.8 Å². The lowest BCUT2D eigenvalue weighted by atomic mass is 9.78. The van der Waals surface area contributed by atoms with Crippen LogP contribution in [0.5, 0.6) is 0 Å². The molecule has 1 saturated carbocycles. The summed E-state index contributed by atoms with van der Waals surface area (Å²) in [4.78, 5) is 14.9. The first-order chi connectivity index (χ1) is 13.1. The molecule has 1 amide bonds.